The van der Waals surface area contributed by atoms with Crippen molar-refractivity contribution in [1.29, 1.82) is 0 Å². The quantitative estimate of drug-likeness (QED) is 0.676. The van der Waals surface area contributed by atoms with Crippen molar-refractivity contribution >= 4 is 11.4 Å². The smallest absolute Gasteiger partial charge is 0.307 e. The first kappa shape index (κ1) is 13.9. The molecule has 2 rings (SSSR count). The highest BCUT2D eigenvalue weighted by Crippen LogP contribution is 2.25. The molecule has 2 aromatic rings. The lowest BCUT2D eigenvalue weighted by molar-refractivity contribution is -0.387. The van der Waals surface area contributed by atoms with E-state index in [9.17, 15) is 18.9 Å². The lowest BCUT2D eigenvalue weighted by Gasteiger charge is -2.09. The molecule has 20 heavy (non-hydrogen) atoms. The van der Waals surface area contributed by atoms with E-state index in [2.05, 4.69) is 10.4 Å². The number of nitro groups is 1. The Kier molecular flexibility index (Phi) is 3.92. The fraction of sp³-hybridized carbons (Fsp3) is 0.250. The molecule has 0 atom stereocenters. The standard InChI is InChI=1S/C12H12F2N4O2/c1-2-17-8(3-4-16-17)7-15-11-6-12(18(19)20)10(14)5-9(11)13/h3-6,15H,2,7H2,1H3. The van der Waals surface area contributed by atoms with E-state index in [1.165, 1.54) is 0 Å². The predicted molar refractivity (Wildman–Crippen MR) is 68.2 cm³/mol. The number of aromatic nitrogens is 2. The average molecular weight is 282 g/mol. The molecule has 0 fully saturated rings. The molecule has 1 aromatic carbocycles. The minimum absolute atomic E-state index is 0.123. The van der Waals surface area contributed by atoms with Crippen LogP contribution in [0.5, 0.6) is 0 Å². The Bertz CT molecular complexity index is 642. The number of nitro benzene ring substituents is 1. The number of nitrogens with zero attached hydrogens (tertiary/aromatic N) is 3. The van der Waals surface area contributed by atoms with Gasteiger partial charge >= 0.3 is 5.69 Å². The van der Waals surface area contributed by atoms with Crippen LogP contribution in [-0.2, 0) is 13.1 Å². The van der Waals surface area contributed by atoms with Crippen LogP contribution in [0.4, 0.5) is 20.2 Å². The number of hydrogen-bond acceptors (Lipinski definition) is 4. The van der Waals surface area contributed by atoms with Crippen molar-refractivity contribution in [2.75, 3.05) is 5.32 Å². The summed E-state index contributed by atoms with van der Waals surface area (Å²) in [5, 5.41) is 17.4. The molecule has 106 valence electrons. The zero-order chi connectivity index (χ0) is 14.7. The van der Waals surface area contributed by atoms with Gasteiger partial charge in [-0.3, -0.25) is 14.8 Å². The highest BCUT2D eigenvalue weighted by atomic mass is 19.1. The van der Waals surface area contributed by atoms with Gasteiger partial charge in [-0.1, -0.05) is 0 Å². The molecule has 1 aromatic heterocycles. The van der Waals surface area contributed by atoms with Crippen molar-refractivity contribution in [3.05, 3.63) is 51.8 Å². The number of benzene rings is 1. The maximum Gasteiger partial charge on any atom is 0.307 e. The molecule has 8 heteroatoms. The monoisotopic (exact) mass is 282 g/mol. The van der Waals surface area contributed by atoms with E-state index in [4.69, 9.17) is 0 Å². The summed E-state index contributed by atoms with van der Waals surface area (Å²) in [6, 6.07) is 3.08. The Balaban J connectivity index is 2.21. The fourth-order valence-corrected chi connectivity index (χ4v) is 1.79. The van der Waals surface area contributed by atoms with Crippen molar-refractivity contribution in [3.63, 3.8) is 0 Å². The highest BCUT2D eigenvalue weighted by Gasteiger charge is 2.18. The second-order valence-corrected chi connectivity index (χ2v) is 4.03. The number of halogens is 2. The van der Waals surface area contributed by atoms with Gasteiger partial charge in [-0.15, -0.1) is 0 Å². The summed E-state index contributed by atoms with van der Waals surface area (Å²) in [7, 11) is 0. The molecule has 0 saturated heterocycles. The first-order valence-electron chi connectivity index (χ1n) is 5.91. The predicted octanol–water partition coefficient (Wildman–Crippen LogP) is 2.70. The van der Waals surface area contributed by atoms with Crippen molar-refractivity contribution in [2.24, 2.45) is 0 Å². The van der Waals surface area contributed by atoms with Gasteiger partial charge in [0, 0.05) is 24.9 Å². The average Bonchev–Trinajstić information content (AvgIpc) is 2.84. The van der Waals surface area contributed by atoms with Crippen LogP contribution in [-0.4, -0.2) is 14.7 Å². The van der Waals surface area contributed by atoms with Gasteiger partial charge in [0.2, 0.25) is 5.82 Å². The molecule has 0 radical (unpaired) electrons. The van der Waals surface area contributed by atoms with Crippen molar-refractivity contribution < 1.29 is 13.7 Å². The molecule has 1 heterocycles. The summed E-state index contributed by atoms with van der Waals surface area (Å²) in [6.07, 6.45) is 1.60. The van der Waals surface area contributed by atoms with E-state index in [0.717, 1.165) is 11.8 Å². The van der Waals surface area contributed by atoms with E-state index in [1.54, 1.807) is 16.9 Å². The number of anilines is 1. The lowest BCUT2D eigenvalue weighted by atomic mass is 10.2. The SMILES string of the molecule is CCn1nccc1CNc1cc([N+](=O)[O-])c(F)cc1F. The summed E-state index contributed by atoms with van der Waals surface area (Å²) < 4.78 is 28.4. The maximum absolute atomic E-state index is 13.6. The van der Waals surface area contributed by atoms with Crippen LogP contribution in [0.2, 0.25) is 0 Å². The maximum atomic E-state index is 13.6. The summed E-state index contributed by atoms with van der Waals surface area (Å²) in [4.78, 5) is 9.73. The van der Waals surface area contributed by atoms with Crippen LogP contribution in [0, 0.1) is 21.7 Å². The minimum atomic E-state index is -1.20. The van der Waals surface area contributed by atoms with Crippen LogP contribution in [0.15, 0.2) is 24.4 Å². The van der Waals surface area contributed by atoms with E-state index in [0.29, 0.717) is 12.6 Å². The Morgan fingerprint density at radius 3 is 2.80 bits per heavy atom. The largest absolute Gasteiger partial charge is 0.377 e. The second-order valence-electron chi connectivity index (χ2n) is 4.03. The van der Waals surface area contributed by atoms with E-state index in [-0.39, 0.29) is 12.2 Å². The summed E-state index contributed by atoms with van der Waals surface area (Å²) in [5.74, 6) is -2.08. The van der Waals surface area contributed by atoms with Gasteiger partial charge in [0.15, 0.2) is 0 Å². The number of hydrogen-bond donors (Lipinski definition) is 1. The number of aryl methyl sites for hydroxylation is 1. The van der Waals surface area contributed by atoms with E-state index in [1.807, 2.05) is 6.92 Å². The van der Waals surface area contributed by atoms with Crippen molar-refractivity contribution in [3.8, 4) is 0 Å². The van der Waals surface area contributed by atoms with Gasteiger partial charge < -0.3 is 5.32 Å². The van der Waals surface area contributed by atoms with Gasteiger partial charge in [-0.2, -0.15) is 9.49 Å². The minimum Gasteiger partial charge on any atom is -0.377 e. The van der Waals surface area contributed by atoms with Crippen molar-refractivity contribution in [1.82, 2.24) is 9.78 Å². The second kappa shape index (κ2) is 5.64. The summed E-state index contributed by atoms with van der Waals surface area (Å²) in [5.41, 5.74) is -0.0984. The first-order valence-corrected chi connectivity index (χ1v) is 5.91. The molecule has 0 aliphatic heterocycles. The van der Waals surface area contributed by atoms with Crippen LogP contribution in [0.25, 0.3) is 0 Å². The molecule has 0 spiro atoms. The van der Waals surface area contributed by atoms with Crippen LogP contribution < -0.4 is 5.32 Å². The number of nitrogens with one attached hydrogen (secondary N) is 1. The Morgan fingerprint density at radius 1 is 1.40 bits per heavy atom. The summed E-state index contributed by atoms with van der Waals surface area (Å²) >= 11 is 0. The van der Waals surface area contributed by atoms with Crippen LogP contribution in [0.1, 0.15) is 12.6 Å². The van der Waals surface area contributed by atoms with E-state index < -0.39 is 22.2 Å². The zero-order valence-corrected chi connectivity index (χ0v) is 10.6. The van der Waals surface area contributed by atoms with E-state index >= 15 is 0 Å². The molecule has 1 N–H and O–H groups in total. The molecular weight excluding hydrogens is 270 g/mol. The summed E-state index contributed by atoms with van der Waals surface area (Å²) in [6.45, 7) is 2.78. The first-order chi connectivity index (χ1) is 9.52. The van der Waals surface area contributed by atoms with Crippen LogP contribution >= 0.6 is 0 Å². The molecule has 0 aliphatic carbocycles. The molecular formula is C12H12F2N4O2. The lowest BCUT2D eigenvalue weighted by Crippen LogP contribution is -2.09. The molecule has 6 nitrogen and oxygen atoms in total. The third-order valence-corrected chi connectivity index (χ3v) is 2.80. The molecule has 0 aliphatic rings. The fourth-order valence-electron chi connectivity index (χ4n) is 1.79. The number of rotatable bonds is 5. The third-order valence-electron chi connectivity index (χ3n) is 2.80. The third kappa shape index (κ3) is 2.73. The topological polar surface area (TPSA) is 73.0 Å². The molecule has 0 bridgehead atoms. The zero-order valence-electron chi connectivity index (χ0n) is 10.6. The molecule has 0 unspecified atom stereocenters. The van der Waals surface area contributed by atoms with Gasteiger partial charge in [-0.05, 0) is 13.0 Å². The highest BCUT2D eigenvalue weighted by molar-refractivity contribution is 5.53. The molecule has 0 saturated carbocycles. The Hall–Kier alpha value is -2.51. The Morgan fingerprint density at radius 2 is 2.15 bits per heavy atom. The van der Waals surface area contributed by atoms with Gasteiger partial charge in [0.1, 0.15) is 5.82 Å². The van der Waals surface area contributed by atoms with Gasteiger partial charge in [0.05, 0.1) is 22.8 Å². The Labute approximate surface area is 113 Å². The van der Waals surface area contributed by atoms with Gasteiger partial charge in [0.25, 0.3) is 0 Å². The van der Waals surface area contributed by atoms with Crippen LogP contribution in [0.3, 0.4) is 0 Å². The van der Waals surface area contributed by atoms with Crippen molar-refractivity contribution in [2.45, 2.75) is 20.0 Å². The molecule has 0 amide bonds. The van der Waals surface area contributed by atoms with Gasteiger partial charge in [-0.25, -0.2) is 4.39 Å². The normalized spacial score (nSPS) is 10.6.